The van der Waals surface area contributed by atoms with Crippen molar-refractivity contribution in [3.05, 3.63) is 29.5 Å². The highest BCUT2D eigenvalue weighted by molar-refractivity contribution is 5.95. The quantitative estimate of drug-likeness (QED) is 0.859. The first-order valence-electron chi connectivity index (χ1n) is 5.92. The number of rotatable bonds is 3. The van der Waals surface area contributed by atoms with Gasteiger partial charge in [-0.2, -0.15) is 0 Å². The summed E-state index contributed by atoms with van der Waals surface area (Å²) in [5.41, 5.74) is 1.58. The van der Waals surface area contributed by atoms with E-state index < -0.39 is 5.97 Å². The van der Waals surface area contributed by atoms with Gasteiger partial charge in [0.15, 0.2) is 11.5 Å². The normalized spacial score (nSPS) is 10.5. The molecular weight excluding hydrogens is 246 g/mol. The molecule has 0 fully saturated rings. The number of aromatic nitrogens is 1. The molecular formula is C14H15NO4. The smallest absolute Gasteiger partial charge is 0.339 e. The number of fused-ring (bicyclic) bond motifs is 1. The molecule has 0 aliphatic heterocycles. The highest BCUT2D eigenvalue weighted by Crippen LogP contribution is 2.31. The highest BCUT2D eigenvalue weighted by atomic mass is 16.5. The van der Waals surface area contributed by atoms with Crippen molar-refractivity contribution in [1.29, 1.82) is 0 Å². The van der Waals surface area contributed by atoms with Crippen LogP contribution in [-0.4, -0.2) is 29.8 Å². The number of ether oxygens (including phenoxy) is 2. The van der Waals surface area contributed by atoms with Gasteiger partial charge in [-0.15, -0.1) is 0 Å². The fraction of sp³-hybridized carbons (Fsp3) is 0.286. The Labute approximate surface area is 110 Å². The topological polar surface area (TPSA) is 68.7 Å². The number of benzene rings is 1. The van der Waals surface area contributed by atoms with Crippen molar-refractivity contribution in [2.75, 3.05) is 13.7 Å². The van der Waals surface area contributed by atoms with Crippen molar-refractivity contribution in [3.8, 4) is 11.5 Å². The molecule has 1 N–H and O–H groups in total. The molecule has 5 nitrogen and oxygen atoms in total. The van der Waals surface area contributed by atoms with Gasteiger partial charge in [-0.1, -0.05) is 0 Å². The number of hydrogen-bond donors (Lipinski definition) is 1. The largest absolute Gasteiger partial charge is 0.504 e. The number of carbonyl (C=O) groups is 1. The van der Waals surface area contributed by atoms with E-state index in [0.717, 1.165) is 0 Å². The summed E-state index contributed by atoms with van der Waals surface area (Å²) in [4.78, 5) is 16.1. The minimum atomic E-state index is -0.401. The number of methoxy groups -OCH3 is 1. The lowest BCUT2D eigenvalue weighted by Crippen LogP contribution is -2.08. The van der Waals surface area contributed by atoms with Crippen LogP contribution in [0.2, 0.25) is 0 Å². The van der Waals surface area contributed by atoms with Crippen molar-refractivity contribution in [3.63, 3.8) is 0 Å². The zero-order chi connectivity index (χ0) is 14.0. The second-order valence-electron chi connectivity index (χ2n) is 4.06. The molecule has 2 aromatic rings. The zero-order valence-corrected chi connectivity index (χ0v) is 11.1. The summed E-state index contributed by atoms with van der Waals surface area (Å²) in [5.74, 6) is -0.0415. The molecule has 5 heteroatoms. The number of aryl methyl sites for hydroxylation is 1. The Morgan fingerprint density at radius 2 is 2.11 bits per heavy atom. The van der Waals surface area contributed by atoms with E-state index in [1.54, 1.807) is 26.0 Å². The van der Waals surface area contributed by atoms with Crippen molar-refractivity contribution < 1.29 is 19.4 Å². The molecule has 0 radical (unpaired) electrons. The number of carbonyl (C=O) groups excluding carboxylic acids is 1. The van der Waals surface area contributed by atoms with Crippen LogP contribution in [0.5, 0.6) is 11.5 Å². The predicted molar refractivity (Wildman–Crippen MR) is 70.7 cm³/mol. The van der Waals surface area contributed by atoms with Crippen LogP contribution in [0.25, 0.3) is 10.9 Å². The number of esters is 1. The Balaban J connectivity index is 2.60. The Morgan fingerprint density at radius 1 is 1.37 bits per heavy atom. The van der Waals surface area contributed by atoms with Gasteiger partial charge in [-0.3, -0.25) is 4.98 Å². The minimum absolute atomic E-state index is 0.0192. The summed E-state index contributed by atoms with van der Waals surface area (Å²) in [6.45, 7) is 3.80. The van der Waals surface area contributed by atoms with Crippen molar-refractivity contribution >= 4 is 16.9 Å². The summed E-state index contributed by atoms with van der Waals surface area (Å²) in [6, 6.07) is 4.84. The molecule has 19 heavy (non-hydrogen) atoms. The molecule has 0 aliphatic rings. The van der Waals surface area contributed by atoms with E-state index in [1.807, 2.05) is 0 Å². The number of hydrogen-bond acceptors (Lipinski definition) is 5. The maximum absolute atomic E-state index is 11.8. The lowest BCUT2D eigenvalue weighted by molar-refractivity contribution is 0.0525. The van der Waals surface area contributed by atoms with E-state index in [2.05, 4.69) is 4.98 Å². The van der Waals surface area contributed by atoms with Crippen LogP contribution in [-0.2, 0) is 4.74 Å². The third-order valence-corrected chi connectivity index (χ3v) is 2.80. The average Bonchev–Trinajstić information content (AvgIpc) is 2.37. The van der Waals surface area contributed by atoms with E-state index in [4.69, 9.17) is 9.47 Å². The van der Waals surface area contributed by atoms with E-state index in [0.29, 0.717) is 34.5 Å². The van der Waals surface area contributed by atoms with E-state index in [-0.39, 0.29) is 5.75 Å². The molecule has 0 saturated heterocycles. The molecule has 0 unspecified atom stereocenters. The maximum Gasteiger partial charge on any atom is 0.339 e. The first-order valence-corrected chi connectivity index (χ1v) is 5.92. The van der Waals surface area contributed by atoms with E-state index in [1.165, 1.54) is 13.2 Å². The molecule has 100 valence electrons. The average molecular weight is 261 g/mol. The molecule has 0 bridgehead atoms. The molecule has 0 aliphatic carbocycles. The van der Waals surface area contributed by atoms with Gasteiger partial charge >= 0.3 is 5.97 Å². The number of phenols is 1. The van der Waals surface area contributed by atoms with Gasteiger partial charge in [0, 0.05) is 11.5 Å². The molecule has 0 amide bonds. The zero-order valence-electron chi connectivity index (χ0n) is 11.1. The molecule has 0 spiro atoms. The molecule has 1 aromatic heterocycles. The lowest BCUT2D eigenvalue weighted by Gasteiger charge is -2.09. The minimum Gasteiger partial charge on any atom is -0.504 e. The molecule has 1 heterocycles. The summed E-state index contributed by atoms with van der Waals surface area (Å²) in [6.07, 6.45) is 0. The van der Waals surface area contributed by atoms with Crippen LogP contribution >= 0.6 is 0 Å². The van der Waals surface area contributed by atoms with Crippen molar-refractivity contribution in [1.82, 2.24) is 4.98 Å². The maximum atomic E-state index is 11.8. The van der Waals surface area contributed by atoms with Gasteiger partial charge in [0.2, 0.25) is 0 Å². The number of nitrogens with zero attached hydrogens (tertiary/aromatic N) is 1. The second kappa shape index (κ2) is 5.14. The van der Waals surface area contributed by atoms with Gasteiger partial charge in [0.1, 0.15) is 0 Å². The van der Waals surface area contributed by atoms with Crippen LogP contribution < -0.4 is 4.74 Å². The molecule has 1 aromatic carbocycles. The monoisotopic (exact) mass is 261 g/mol. The Hall–Kier alpha value is -2.30. The van der Waals surface area contributed by atoms with Crippen LogP contribution in [0, 0.1) is 6.92 Å². The van der Waals surface area contributed by atoms with E-state index >= 15 is 0 Å². The van der Waals surface area contributed by atoms with Gasteiger partial charge in [-0.05, 0) is 26.0 Å². The molecule has 2 rings (SSSR count). The summed E-state index contributed by atoms with van der Waals surface area (Å²) >= 11 is 0. The van der Waals surface area contributed by atoms with E-state index in [9.17, 15) is 9.90 Å². The Bertz CT molecular complexity index is 637. The number of aromatic hydroxyl groups is 1. The summed E-state index contributed by atoms with van der Waals surface area (Å²) in [7, 11) is 1.47. The van der Waals surface area contributed by atoms with Crippen LogP contribution in [0.3, 0.4) is 0 Å². The first kappa shape index (κ1) is 13.1. The predicted octanol–water partition coefficient (Wildman–Crippen LogP) is 2.43. The SMILES string of the molecule is CCOC(=O)c1cc2cc(OC)c(O)cc2nc1C. The van der Waals surface area contributed by atoms with Crippen LogP contribution in [0.15, 0.2) is 18.2 Å². The van der Waals surface area contributed by atoms with Gasteiger partial charge in [0.25, 0.3) is 0 Å². The van der Waals surface area contributed by atoms with Crippen LogP contribution in [0.1, 0.15) is 23.0 Å². The summed E-state index contributed by atoms with van der Waals surface area (Å²) in [5, 5.41) is 10.4. The van der Waals surface area contributed by atoms with Crippen molar-refractivity contribution in [2.24, 2.45) is 0 Å². The third kappa shape index (κ3) is 2.45. The Kier molecular flexibility index (Phi) is 3.55. The molecule has 0 atom stereocenters. The first-order chi connectivity index (χ1) is 9.06. The highest BCUT2D eigenvalue weighted by Gasteiger charge is 2.14. The third-order valence-electron chi connectivity index (χ3n) is 2.80. The fourth-order valence-electron chi connectivity index (χ4n) is 1.87. The second-order valence-corrected chi connectivity index (χ2v) is 4.06. The Morgan fingerprint density at radius 3 is 2.74 bits per heavy atom. The fourth-order valence-corrected chi connectivity index (χ4v) is 1.87. The van der Waals surface area contributed by atoms with Crippen LogP contribution in [0.4, 0.5) is 0 Å². The lowest BCUT2D eigenvalue weighted by atomic mass is 10.1. The number of pyridine rings is 1. The van der Waals surface area contributed by atoms with Gasteiger partial charge in [0.05, 0.1) is 30.5 Å². The van der Waals surface area contributed by atoms with Gasteiger partial charge in [-0.25, -0.2) is 4.79 Å². The van der Waals surface area contributed by atoms with Gasteiger partial charge < -0.3 is 14.6 Å². The number of phenolic OH excluding ortho intramolecular Hbond substituents is 1. The molecule has 0 saturated carbocycles. The summed E-state index contributed by atoms with van der Waals surface area (Å²) < 4.78 is 10.0. The standard InChI is InChI=1S/C14H15NO4/c1-4-19-14(17)10-5-9-6-13(18-3)12(16)7-11(9)15-8(10)2/h5-7,16H,4H2,1-3H3. The van der Waals surface area contributed by atoms with Crippen molar-refractivity contribution in [2.45, 2.75) is 13.8 Å².